The van der Waals surface area contributed by atoms with Gasteiger partial charge in [-0.1, -0.05) is 12.8 Å². The summed E-state index contributed by atoms with van der Waals surface area (Å²) in [5, 5.41) is -0.251. The van der Waals surface area contributed by atoms with Crippen molar-refractivity contribution in [2.24, 2.45) is 11.8 Å². The van der Waals surface area contributed by atoms with Crippen molar-refractivity contribution in [1.82, 2.24) is 15.0 Å². The lowest BCUT2D eigenvalue weighted by molar-refractivity contribution is 0.277. The monoisotopic (exact) mass is 311 g/mol. The Morgan fingerprint density at radius 3 is 2.24 bits per heavy atom. The second-order valence-corrected chi connectivity index (χ2v) is 8.96. The standard InChI is InChI=1S/C15H25N3O2S/c1-12(2)21(19,20)9-14-5-3-13(4-6-14)7-8-15-17-10-16-11-18-15/h10-14H,3-9H2,1-2H3. The van der Waals surface area contributed by atoms with Gasteiger partial charge in [0.25, 0.3) is 0 Å². The van der Waals surface area contributed by atoms with Crippen molar-refractivity contribution < 1.29 is 8.42 Å². The molecule has 6 heteroatoms. The van der Waals surface area contributed by atoms with Crippen LogP contribution in [0, 0.1) is 11.8 Å². The minimum Gasteiger partial charge on any atom is -0.229 e. The summed E-state index contributed by atoms with van der Waals surface area (Å²) in [7, 11) is -2.90. The molecule has 5 nitrogen and oxygen atoms in total. The van der Waals surface area contributed by atoms with Crippen LogP contribution in [0.5, 0.6) is 0 Å². The molecule has 0 amide bonds. The van der Waals surface area contributed by atoms with Crippen LogP contribution in [0.25, 0.3) is 0 Å². The zero-order chi connectivity index (χ0) is 15.3. The van der Waals surface area contributed by atoms with Gasteiger partial charge < -0.3 is 0 Å². The first-order valence-corrected chi connectivity index (χ1v) is 9.51. The van der Waals surface area contributed by atoms with E-state index in [1.165, 1.54) is 12.7 Å². The summed E-state index contributed by atoms with van der Waals surface area (Å²) in [6, 6.07) is 0. The summed E-state index contributed by atoms with van der Waals surface area (Å²) < 4.78 is 23.9. The highest BCUT2D eigenvalue weighted by Crippen LogP contribution is 2.32. The molecule has 0 atom stereocenters. The highest BCUT2D eigenvalue weighted by atomic mass is 32.2. The Labute approximate surface area is 127 Å². The Kier molecular flexibility index (Phi) is 5.67. The average molecular weight is 311 g/mol. The number of hydrogen-bond donors (Lipinski definition) is 0. The van der Waals surface area contributed by atoms with E-state index in [0.717, 1.165) is 44.3 Å². The van der Waals surface area contributed by atoms with Crippen molar-refractivity contribution in [2.45, 2.75) is 57.6 Å². The summed E-state index contributed by atoms with van der Waals surface area (Å²) in [5.41, 5.74) is 0. The van der Waals surface area contributed by atoms with E-state index in [1.807, 2.05) is 0 Å². The zero-order valence-electron chi connectivity index (χ0n) is 12.9. The zero-order valence-corrected chi connectivity index (χ0v) is 13.7. The predicted octanol–water partition coefficient (Wildman–Crippen LogP) is 2.43. The van der Waals surface area contributed by atoms with Crippen molar-refractivity contribution in [3.63, 3.8) is 0 Å². The molecule has 0 spiro atoms. The molecule has 2 rings (SSSR count). The molecule has 0 N–H and O–H groups in total. The highest BCUT2D eigenvalue weighted by Gasteiger charge is 2.27. The van der Waals surface area contributed by atoms with Crippen molar-refractivity contribution in [1.29, 1.82) is 0 Å². The van der Waals surface area contributed by atoms with E-state index < -0.39 is 9.84 Å². The molecule has 1 aliphatic rings. The largest absolute Gasteiger partial charge is 0.229 e. The molecule has 1 aromatic heterocycles. The third kappa shape index (κ3) is 5.02. The summed E-state index contributed by atoms with van der Waals surface area (Å²) in [5.74, 6) is 2.25. The van der Waals surface area contributed by atoms with Crippen LogP contribution < -0.4 is 0 Å². The lowest BCUT2D eigenvalue weighted by Crippen LogP contribution is -2.26. The molecule has 0 aromatic carbocycles. The summed E-state index contributed by atoms with van der Waals surface area (Å²) >= 11 is 0. The SMILES string of the molecule is CC(C)S(=O)(=O)CC1CCC(CCc2ncncn2)CC1. The van der Waals surface area contributed by atoms with E-state index in [9.17, 15) is 8.42 Å². The first kappa shape index (κ1) is 16.3. The molecule has 0 bridgehead atoms. The topological polar surface area (TPSA) is 72.8 Å². The number of sulfone groups is 1. The maximum Gasteiger partial charge on any atom is 0.152 e. The van der Waals surface area contributed by atoms with Crippen LogP contribution >= 0.6 is 0 Å². The fourth-order valence-corrected chi connectivity index (χ4v) is 4.31. The number of hydrogen-bond acceptors (Lipinski definition) is 5. The van der Waals surface area contributed by atoms with E-state index >= 15 is 0 Å². The maximum absolute atomic E-state index is 12.0. The molecule has 0 unspecified atom stereocenters. The third-order valence-corrected chi connectivity index (χ3v) is 6.85. The van der Waals surface area contributed by atoms with Crippen LogP contribution in [0.15, 0.2) is 12.7 Å². The number of rotatable bonds is 6. The van der Waals surface area contributed by atoms with Crippen LogP contribution in [0.4, 0.5) is 0 Å². The fourth-order valence-electron chi connectivity index (χ4n) is 2.93. The van der Waals surface area contributed by atoms with Crippen molar-refractivity contribution in [3.05, 3.63) is 18.5 Å². The molecule has 118 valence electrons. The summed E-state index contributed by atoms with van der Waals surface area (Å²) in [6.07, 6.45) is 9.39. The second kappa shape index (κ2) is 7.29. The van der Waals surface area contributed by atoms with Crippen LogP contribution in [-0.2, 0) is 16.3 Å². The Morgan fingerprint density at radius 1 is 1.10 bits per heavy atom. The van der Waals surface area contributed by atoms with Gasteiger partial charge in [0.2, 0.25) is 0 Å². The first-order valence-electron chi connectivity index (χ1n) is 7.80. The molecular weight excluding hydrogens is 286 g/mol. The van der Waals surface area contributed by atoms with Gasteiger partial charge in [0, 0.05) is 6.42 Å². The van der Waals surface area contributed by atoms with Gasteiger partial charge in [-0.15, -0.1) is 0 Å². The second-order valence-electron chi connectivity index (χ2n) is 6.36. The molecular formula is C15H25N3O2S. The number of aromatic nitrogens is 3. The Bertz CT molecular complexity index is 523. The average Bonchev–Trinajstić information content (AvgIpc) is 2.47. The van der Waals surface area contributed by atoms with Crippen molar-refractivity contribution >= 4 is 9.84 Å². The third-order valence-electron chi connectivity index (χ3n) is 4.48. The van der Waals surface area contributed by atoms with E-state index in [4.69, 9.17) is 0 Å². The van der Waals surface area contributed by atoms with Gasteiger partial charge in [-0.25, -0.2) is 23.4 Å². The molecule has 1 saturated carbocycles. The quantitative estimate of drug-likeness (QED) is 0.806. The highest BCUT2D eigenvalue weighted by molar-refractivity contribution is 7.91. The van der Waals surface area contributed by atoms with Crippen molar-refractivity contribution in [3.8, 4) is 0 Å². The van der Waals surface area contributed by atoms with Gasteiger partial charge in [0.1, 0.15) is 18.5 Å². The van der Waals surface area contributed by atoms with E-state index in [2.05, 4.69) is 15.0 Å². The predicted molar refractivity (Wildman–Crippen MR) is 82.5 cm³/mol. The molecule has 1 heterocycles. The number of aryl methyl sites for hydroxylation is 1. The molecule has 0 saturated heterocycles. The van der Waals surface area contributed by atoms with Gasteiger partial charge in [-0.2, -0.15) is 0 Å². The van der Waals surface area contributed by atoms with E-state index in [0.29, 0.717) is 17.6 Å². The molecule has 1 aromatic rings. The lowest BCUT2D eigenvalue weighted by Gasteiger charge is -2.28. The smallest absolute Gasteiger partial charge is 0.152 e. The Balaban J connectivity index is 1.74. The van der Waals surface area contributed by atoms with Crippen molar-refractivity contribution in [2.75, 3.05) is 5.75 Å². The Hall–Kier alpha value is -1.04. The lowest BCUT2D eigenvalue weighted by atomic mass is 9.81. The van der Waals surface area contributed by atoms with Gasteiger partial charge >= 0.3 is 0 Å². The maximum atomic E-state index is 12.0. The molecule has 21 heavy (non-hydrogen) atoms. The van der Waals surface area contributed by atoms with Gasteiger partial charge in [0.15, 0.2) is 9.84 Å². The summed E-state index contributed by atoms with van der Waals surface area (Å²) in [4.78, 5) is 12.1. The molecule has 1 fully saturated rings. The van der Waals surface area contributed by atoms with Gasteiger partial charge in [-0.3, -0.25) is 0 Å². The number of nitrogens with zero attached hydrogens (tertiary/aromatic N) is 3. The van der Waals surface area contributed by atoms with Gasteiger partial charge in [-0.05, 0) is 44.9 Å². The van der Waals surface area contributed by atoms with Crippen LogP contribution in [0.2, 0.25) is 0 Å². The normalized spacial score (nSPS) is 23.4. The molecule has 0 radical (unpaired) electrons. The van der Waals surface area contributed by atoms with E-state index in [1.54, 1.807) is 13.8 Å². The summed E-state index contributed by atoms with van der Waals surface area (Å²) in [6.45, 7) is 3.55. The van der Waals surface area contributed by atoms with Crippen LogP contribution in [0.1, 0.15) is 51.8 Å². The molecule has 1 aliphatic carbocycles. The fraction of sp³-hybridized carbons (Fsp3) is 0.800. The van der Waals surface area contributed by atoms with E-state index in [-0.39, 0.29) is 5.25 Å². The van der Waals surface area contributed by atoms with Crippen LogP contribution in [-0.4, -0.2) is 34.4 Å². The van der Waals surface area contributed by atoms with Crippen LogP contribution in [0.3, 0.4) is 0 Å². The Morgan fingerprint density at radius 2 is 1.67 bits per heavy atom. The molecule has 0 aliphatic heterocycles. The minimum atomic E-state index is -2.90. The van der Waals surface area contributed by atoms with Gasteiger partial charge in [0.05, 0.1) is 11.0 Å². The minimum absolute atomic E-state index is 0.251. The first-order chi connectivity index (χ1) is 9.97.